The normalized spacial score (nSPS) is 12.1. The Bertz CT molecular complexity index is 981. The van der Waals surface area contributed by atoms with Crippen molar-refractivity contribution in [1.29, 1.82) is 0 Å². The number of methoxy groups -OCH3 is 3. The minimum absolute atomic E-state index is 0.325. The van der Waals surface area contributed by atoms with Crippen LogP contribution in [-0.4, -0.2) is 95.9 Å². The molecule has 0 aromatic heterocycles. The quantitative estimate of drug-likeness (QED) is 0.214. The summed E-state index contributed by atoms with van der Waals surface area (Å²) in [5.41, 5.74) is 1.70. The van der Waals surface area contributed by atoms with Crippen LogP contribution in [0.2, 0.25) is 0 Å². The maximum atomic E-state index is 12.9. The van der Waals surface area contributed by atoms with Crippen LogP contribution in [0.5, 0.6) is 17.2 Å². The van der Waals surface area contributed by atoms with Crippen molar-refractivity contribution in [2.75, 3.05) is 74.1 Å². The van der Waals surface area contributed by atoms with Crippen molar-refractivity contribution in [3.8, 4) is 17.2 Å². The molecule has 0 amide bonds. The van der Waals surface area contributed by atoms with Crippen molar-refractivity contribution in [1.82, 2.24) is 4.90 Å². The molecule has 1 unspecified atom stereocenters. The zero-order valence-corrected chi connectivity index (χ0v) is 23.5. The Morgan fingerprint density at radius 1 is 0.816 bits per heavy atom. The largest absolute Gasteiger partial charge is 0.496 e. The maximum Gasteiger partial charge on any atom is 0.195 e. The number of hydrogen-bond donors (Lipinski definition) is 1. The molecule has 0 aliphatic heterocycles. The molecule has 9 nitrogen and oxygen atoms in total. The average Bonchev–Trinajstić information content (AvgIpc) is 2.92. The summed E-state index contributed by atoms with van der Waals surface area (Å²) in [6.45, 7) is 10.9. The Morgan fingerprint density at radius 3 is 2.13 bits per heavy atom. The predicted molar refractivity (Wildman–Crippen MR) is 146 cm³/mol. The smallest absolute Gasteiger partial charge is 0.195 e. The van der Waals surface area contributed by atoms with Crippen molar-refractivity contribution >= 4 is 5.78 Å². The van der Waals surface area contributed by atoms with Gasteiger partial charge in [0.1, 0.15) is 18.5 Å². The maximum absolute atomic E-state index is 12.9. The first kappa shape index (κ1) is 31.5. The van der Waals surface area contributed by atoms with Gasteiger partial charge in [-0.25, -0.2) is 0 Å². The number of ketones is 1. The van der Waals surface area contributed by atoms with Crippen LogP contribution in [0.25, 0.3) is 0 Å². The average molecular weight is 534 g/mol. The lowest BCUT2D eigenvalue weighted by molar-refractivity contribution is 0.0165. The highest BCUT2D eigenvalue weighted by atomic mass is 16.5. The Hall–Kier alpha value is -2.69. The summed E-state index contributed by atoms with van der Waals surface area (Å²) in [5.74, 6) is 1.17. The molecule has 1 N–H and O–H groups in total. The third-order valence-electron chi connectivity index (χ3n) is 6.14. The fraction of sp³-hybridized carbons (Fsp3) is 0.552. The molecule has 0 spiro atoms. The molecule has 9 heteroatoms. The number of hydrogen-bond acceptors (Lipinski definition) is 9. The molecule has 0 radical (unpaired) electrons. The van der Waals surface area contributed by atoms with Crippen molar-refractivity contribution in [2.24, 2.45) is 0 Å². The van der Waals surface area contributed by atoms with E-state index >= 15 is 0 Å². The minimum Gasteiger partial charge on any atom is -0.496 e. The van der Waals surface area contributed by atoms with Gasteiger partial charge in [-0.1, -0.05) is 18.2 Å². The van der Waals surface area contributed by atoms with E-state index in [9.17, 15) is 9.90 Å². The second-order valence-electron chi connectivity index (χ2n) is 9.06. The van der Waals surface area contributed by atoms with Crippen LogP contribution in [-0.2, 0) is 14.2 Å². The van der Waals surface area contributed by atoms with Crippen LogP contribution in [0, 0.1) is 6.92 Å². The molecule has 2 aromatic rings. The number of rotatable bonds is 19. The first-order chi connectivity index (χ1) is 18.3. The lowest BCUT2D eigenvalue weighted by Gasteiger charge is -2.26. The molecule has 2 rings (SSSR count). The van der Waals surface area contributed by atoms with Gasteiger partial charge in [-0.2, -0.15) is 0 Å². The van der Waals surface area contributed by atoms with E-state index in [1.54, 1.807) is 50.6 Å². The molecular weight excluding hydrogens is 490 g/mol. The fourth-order valence-electron chi connectivity index (χ4n) is 3.80. The van der Waals surface area contributed by atoms with Crippen LogP contribution in [0.15, 0.2) is 36.4 Å². The lowest BCUT2D eigenvalue weighted by Crippen LogP contribution is -2.37. The van der Waals surface area contributed by atoms with Gasteiger partial charge in [0.2, 0.25) is 0 Å². The first-order valence-corrected chi connectivity index (χ1v) is 12.9. The molecule has 1 atom stereocenters. The molecule has 0 saturated heterocycles. The van der Waals surface area contributed by atoms with Crippen LogP contribution in [0.4, 0.5) is 0 Å². The summed E-state index contributed by atoms with van der Waals surface area (Å²) >= 11 is 0. The van der Waals surface area contributed by atoms with E-state index in [0.29, 0.717) is 80.6 Å². The summed E-state index contributed by atoms with van der Waals surface area (Å²) in [6.07, 6.45) is -1.34. The number of carbonyl (C=O) groups is 1. The lowest BCUT2D eigenvalue weighted by atomic mass is 9.98. The highest BCUT2D eigenvalue weighted by Gasteiger charge is 2.22. The zero-order chi connectivity index (χ0) is 27.9. The van der Waals surface area contributed by atoms with Crippen molar-refractivity contribution < 1.29 is 38.3 Å². The van der Waals surface area contributed by atoms with E-state index in [1.807, 2.05) is 6.92 Å². The molecule has 2 aromatic carbocycles. The van der Waals surface area contributed by atoms with Gasteiger partial charge in [-0.15, -0.1) is 0 Å². The summed E-state index contributed by atoms with van der Waals surface area (Å²) < 4.78 is 32.8. The summed E-state index contributed by atoms with van der Waals surface area (Å²) in [7, 11) is 4.72. The topological polar surface area (TPSA) is 95.9 Å². The Kier molecular flexibility index (Phi) is 14.1. The number of aryl methyl sites for hydroxylation is 1. The van der Waals surface area contributed by atoms with Gasteiger partial charge in [0.15, 0.2) is 17.3 Å². The van der Waals surface area contributed by atoms with E-state index in [-0.39, 0.29) is 0 Å². The molecule has 38 heavy (non-hydrogen) atoms. The second-order valence-corrected chi connectivity index (χ2v) is 9.06. The first-order valence-electron chi connectivity index (χ1n) is 12.9. The zero-order valence-electron chi connectivity index (χ0n) is 23.5. The standard InChI is InChI=1S/C29H43NO8/c1-21(2)30(11-13-36-17-18-37-16-15-33-4)12-14-38-25-10-9-24(20-27(25)35-6)29(32)28(31)23-8-7-22(3)26(19-23)34-5/h7-10,19-21,29,32H,11-18H2,1-6H3. The van der Waals surface area contributed by atoms with Gasteiger partial charge in [-0.05, 0) is 50.1 Å². The molecule has 0 bridgehead atoms. The van der Waals surface area contributed by atoms with E-state index < -0.39 is 11.9 Å². The Balaban J connectivity index is 1.90. The van der Waals surface area contributed by atoms with Crippen molar-refractivity contribution in [3.63, 3.8) is 0 Å². The highest BCUT2D eigenvalue weighted by molar-refractivity contribution is 6.00. The molecule has 0 heterocycles. The van der Waals surface area contributed by atoms with Crippen LogP contribution in [0.1, 0.15) is 41.4 Å². The van der Waals surface area contributed by atoms with Crippen molar-refractivity contribution in [3.05, 3.63) is 53.1 Å². The second kappa shape index (κ2) is 17.0. The molecule has 0 aliphatic carbocycles. The van der Waals surface area contributed by atoms with Crippen LogP contribution in [0.3, 0.4) is 0 Å². The van der Waals surface area contributed by atoms with E-state index in [1.165, 1.54) is 7.11 Å². The van der Waals surface area contributed by atoms with E-state index in [4.69, 9.17) is 28.4 Å². The van der Waals surface area contributed by atoms with Gasteiger partial charge in [-0.3, -0.25) is 9.69 Å². The number of carbonyl (C=O) groups excluding carboxylic acids is 1. The summed E-state index contributed by atoms with van der Waals surface area (Å²) in [6, 6.07) is 10.5. The van der Waals surface area contributed by atoms with Crippen LogP contribution < -0.4 is 14.2 Å². The fourth-order valence-corrected chi connectivity index (χ4v) is 3.80. The SMILES string of the molecule is COCCOCCOCCN(CCOc1ccc(C(O)C(=O)c2ccc(C)c(OC)c2)cc1OC)C(C)C. The Labute approximate surface area is 226 Å². The summed E-state index contributed by atoms with van der Waals surface area (Å²) in [4.78, 5) is 15.2. The van der Waals surface area contributed by atoms with Gasteiger partial charge in [0.25, 0.3) is 0 Å². The minimum atomic E-state index is -1.34. The third-order valence-corrected chi connectivity index (χ3v) is 6.14. The predicted octanol–water partition coefficient (Wildman–Crippen LogP) is 3.70. The number of aliphatic hydroxyl groups is 1. The van der Waals surface area contributed by atoms with Gasteiger partial charge >= 0.3 is 0 Å². The highest BCUT2D eigenvalue weighted by Crippen LogP contribution is 2.32. The number of nitrogens with zero attached hydrogens (tertiary/aromatic N) is 1. The molecule has 0 fully saturated rings. The molecule has 212 valence electrons. The van der Waals surface area contributed by atoms with Crippen LogP contribution >= 0.6 is 0 Å². The van der Waals surface area contributed by atoms with Gasteiger partial charge in [0.05, 0.1) is 47.3 Å². The van der Waals surface area contributed by atoms with Crippen molar-refractivity contribution in [2.45, 2.75) is 32.9 Å². The molecular formula is C29H43NO8. The Morgan fingerprint density at radius 2 is 1.47 bits per heavy atom. The van der Waals surface area contributed by atoms with E-state index in [2.05, 4.69) is 18.7 Å². The number of ether oxygens (including phenoxy) is 6. The molecule has 0 aliphatic rings. The van der Waals surface area contributed by atoms with Gasteiger partial charge < -0.3 is 33.5 Å². The summed E-state index contributed by atoms with van der Waals surface area (Å²) in [5, 5.41) is 10.8. The number of Topliss-reactive ketones (excluding diaryl/α,β-unsaturated/α-hetero) is 1. The molecule has 0 saturated carbocycles. The number of aliphatic hydroxyl groups excluding tert-OH is 1. The number of benzene rings is 2. The van der Waals surface area contributed by atoms with Gasteiger partial charge in [0, 0.05) is 31.8 Å². The third kappa shape index (κ3) is 9.89. The van der Waals surface area contributed by atoms with E-state index in [0.717, 1.165) is 12.1 Å². The monoisotopic (exact) mass is 533 g/mol.